The predicted molar refractivity (Wildman–Crippen MR) is 144 cm³/mol. The Morgan fingerprint density at radius 1 is 1.10 bits per heavy atom. The molecule has 0 aliphatic carbocycles. The fourth-order valence-electron chi connectivity index (χ4n) is 6.28. The number of Topliss-reactive ketones (excluding diaryl/α,β-unsaturated/α-hetero) is 1. The van der Waals surface area contributed by atoms with E-state index in [4.69, 9.17) is 10.7 Å². The second-order valence-corrected chi connectivity index (χ2v) is 10.5. The Morgan fingerprint density at radius 2 is 1.90 bits per heavy atom. The molecule has 1 unspecified atom stereocenters. The van der Waals surface area contributed by atoms with Crippen molar-refractivity contribution in [3.63, 3.8) is 0 Å². The molecule has 7 rings (SSSR count). The molecule has 202 valence electrons. The lowest BCUT2D eigenvalue weighted by Crippen LogP contribution is -2.46. The zero-order chi connectivity index (χ0) is 27.5. The largest absolute Gasteiger partial charge is 0.383 e. The molecule has 40 heavy (non-hydrogen) atoms. The van der Waals surface area contributed by atoms with Crippen molar-refractivity contribution in [1.29, 1.82) is 0 Å². The van der Waals surface area contributed by atoms with Crippen LogP contribution in [0.1, 0.15) is 70.9 Å². The number of anilines is 1. The topological polar surface area (TPSA) is 166 Å². The van der Waals surface area contributed by atoms with Crippen LogP contribution in [0.4, 0.5) is 5.82 Å². The van der Waals surface area contributed by atoms with Gasteiger partial charge in [0.25, 0.3) is 5.91 Å². The van der Waals surface area contributed by atoms with Gasteiger partial charge in [-0.3, -0.25) is 9.59 Å². The third-order valence-electron chi connectivity index (χ3n) is 8.05. The summed E-state index contributed by atoms with van der Waals surface area (Å²) in [4.78, 5) is 40.4. The van der Waals surface area contributed by atoms with Gasteiger partial charge in [-0.25, -0.2) is 14.6 Å². The van der Waals surface area contributed by atoms with Gasteiger partial charge in [-0.05, 0) is 57.7 Å². The smallest absolute Gasteiger partial charge is 0.292 e. The zero-order valence-electron chi connectivity index (χ0n) is 22.0. The molecule has 5 aromatic rings. The summed E-state index contributed by atoms with van der Waals surface area (Å²) in [6.45, 7) is 3.43. The maximum absolute atomic E-state index is 13.1. The number of nitrogens with zero attached hydrogens (tertiary/aromatic N) is 9. The van der Waals surface area contributed by atoms with Crippen LogP contribution in [0.2, 0.25) is 0 Å². The molecule has 2 aliphatic heterocycles. The van der Waals surface area contributed by atoms with Gasteiger partial charge >= 0.3 is 0 Å². The number of amides is 1. The van der Waals surface area contributed by atoms with Crippen LogP contribution in [0.3, 0.4) is 0 Å². The van der Waals surface area contributed by atoms with Crippen molar-refractivity contribution in [2.45, 2.75) is 57.5 Å². The summed E-state index contributed by atoms with van der Waals surface area (Å²) in [7, 11) is 0. The molecule has 0 aromatic carbocycles. The SMILES string of the molecule is CC(=O)c1c(C2C[C@H]3CC[C@@H](C2)N3C(=O)c2nnc[nH]2)nc2c(-c3ccc(-n4ccc(C)n4)nc3)cnn2c1N. The Morgan fingerprint density at radius 3 is 2.52 bits per heavy atom. The van der Waals surface area contributed by atoms with Crippen LogP contribution in [0.25, 0.3) is 22.6 Å². The van der Waals surface area contributed by atoms with Gasteiger partial charge in [0.15, 0.2) is 17.2 Å². The van der Waals surface area contributed by atoms with E-state index in [-0.39, 0.29) is 41.3 Å². The highest BCUT2D eigenvalue weighted by molar-refractivity contribution is 6.00. The van der Waals surface area contributed by atoms with Gasteiger partial charge in [0.05, 0.1) is 23.1 Å². The number of aromatic amines is 1. The van der Waals surface area contributed by atoms with E-state index in [0.29, 0.717) is 35.6 Å². The molecule has 7 heterocycles. The first kappa shape index (κ1) is 24.1. The highest BCUT2D eigenvalue weighted by atomic mass is 16.2. The molecule has 3 N–H and O–H groups in total. The summed E-state index contributed by atoms with van der Waals surface area (Å²) in [6.07, 6.45) is 9.87. The number of ketones is 1. The van der Waals surface area contributed by atoms with Crippen molar-refractivity contribution in [2.24, 2.45) is 0 Å². The van der Waals surface area contributed by atoms with Crippen LogP contribution < -0.4 is 5.73 Å². The number of rotatable bonds is 5. The number of carbonyl (C=O) groups is 2. The number of H-pyrrole nitrogens is 1. The van der Waals surface area contributed by atoms with E-state index in [1.54, 1.807) is 17.1 Å². The molecule has 0 radical (unpaired) electrons. The van der Waals surface area contributed by atoms with Crippen LogP contribution in [0, 0.1) is 6.92 Å². The van der Waals surface area contributed by atoms with E-state index in [2.05, 4.69) is 30.4 Å². The van der Waals surface area contributed by atoms with E-state index in [9.17, 15) is 9.59 Å². The average molecular weight is 538 g/mol. The van der Waals surface area contributed by atoms with Gasteiger partial charge in [-0.15, -0.1) is 10.2 Å². The Balaban J connectivity index is 1.26. The number of carbonyl (C=O) groups excluding carboxylic acids is 2. The van der Waals surface area contributed by atoms with Crippen LogP contribution in [-0.4, -0.2) is 73.2 Å². The summed E-state index contributed by atoms with van der Waals surface area (Å²) in [5.41, 5.74) is 10.7. The molecule has 0 saturated carbocycles. The number of fused-ring (bicyclic) bond motifs is 3. The Hall–Kier alpha value is -4.94. The quantitative estimate of drug-likeness (QED) is 0.321. The number of pyridine rings is 1. The highest BCUT2D eigenvalue weighted by Crippen LogP contribution is 2.45. The van der Waals surface area contributed by atoms with Gasteiger partial charge in [0.2, 0.25) is 5.82 Å². The van der Waals surface area contributed by atoms with E-state index < -0.39 is 0 Å². The molecule has 5 aromatic heterocycles. The van der Waals surface area contributed by atoms with E-state index in [1.807, 2.05) is 36.2 Å². The van der Waals surface area contributed by atoms with Gasteiger partial charge < -0.3 is 15.6 Å². The van der Waals surface area contributed by atoms with Gasteiger partial charge in [0, 0.05) is 41.5 Å². The van der Waals surface area contributed by atoms with Crippen molar-refractivity contribution in [3.8, 4) is 16.9 Å². The summed E-state index contributed by atoms with van der Waals surface area (Å²) in [6, 6.07) is 5.79. The minimum Gasteiger partial charge on any atom is -0.383 e. The Labute approximate surface area is 228 Å². The molecule has 13 heteroatoms. The zero-order valence-corrected chi connectivity index (χ0v) is 22.0. The average Bonchev–Trinajstić information content (AvgIpc) is 3.75. The maximum atomic E-state index is 13.1. The third kappa shape index (κ3) is 3.76. The third-order valence-corrected chi connectivity index (χ3v) is 8.05. The van der Waals surface area contributed by atoms with Crippen LogP contribution in [0.5, 0.6) is 0 Å². The molecule has 2 fully saturated rings. The number of nitrogen functional groups attached to an aromatic ring is 1. The second-order valence-electron chi connectivity index (χ2n) is 10.5. The van der Waals surface area contributed by atoms with Crippen molar-refractivity contribution in [3.05, 3.63) is 65.9 Å². The normalized spacial score (nSPS) is 20.4. The molecular formula is C27H27N11O2. The first-order valence-electron chi connectivity index (χ1n) is 13.2. The monoisotopic (exact) mass is 537 g/mol. The minimum atomic E-state index is -0.160. The van der Waals surface area contributed by atoms with Crippen LogP contribution >= 0.6 is 0 Å². The molecule has 0 spiro atoms. The number of aryl methyl sites for hydroxylation is 1. The number of hydrogen-bond acceptors (Lipinski definition) is 9. The minimum absolute atomic E-state index is 0.0208. The van der Waals surface area contributed by atoms with Gasteiger partial charge in [0.1, 0.15) is 12.1 Å². The van der Waals surface area contributed by atoms with E-state index >= 15 is 0 Å². The van der Waals surface area contributed by atoms with Crippen molar-refractivity contribution < 1.29 is 9.59 Å². The maximum Gasteiger partial charge on any atom is 0.292 e. The van der Waals surface area contributed by atoms with E-state index in [1.165, 1.54) is 17.8 Å². The summed E-state index contributed by atoms with van der Waals surface area (Å²) >= 11 is 0. The lowest BCUT2D eigenvalue weighted by Gasteiger charge is -2.38. The van der Waals surface area contributed by atoms with Gasteiger partial charge in [-0.1, -0.05) is 0 Å². The lowest BCUT2D eigenvalue weighted by molar-refractivity contribution is 0.0556. The van der Waals surface area contributed by atoms with Crippen molar-refractivity contribution >= 4 is 23.2 Å². The molecular weight excluding hydrogens is 510 g/mol. The van der Waals surface area contributed by atoms with Crippen LogP contribution in [0.15, 0.2) is 43.1 Å². The second kappa shape index (κ2) is 9.07. The highest BCUT2D eigenvalue weighted by Gasteiger charge is 2.45. The predicted octanol–water partition coefficient (Wildman–Crippen LogP) is 2.74. The fourth-order valence-corrected chi connectivity index (χ4v) is 6.28. The molecule has 2 aliphatic rings. The standard InChI is InChI=1S/C27H27N11O2/c1-14-7-8-36(35-14)21-6-3-16(11-29-21)20-12-32-38-24(28)22(15(2)39)23(33-26(20)38)17-9-18-4-5-19(10-17)37(18)27(40)25-30-13-31-34-25/h3,6-8,11-13,17-19H,4-5,9-10,28H2,1-2H3,(H,30,31,34)/t17?,18-,19+. The summed E-state index contributed by atoms with van der Waals surface area (Å²) in [5, 5.41) is 16.6. The number of aromatic nitrogens is 9. The fraction of sp³-hybridized carbons (Fsp3) is 0.333. The Kier molecular flexibility index (Phi) is 5.47. The van der Waals surface area contributed by atoms with Crippen molar-refractivity contribution in [2.75, 3.05) is 5.73 Å². The molecule has 2 saturated heterocycles. The number of hydrogen-bond donors (Lipinski definition) is 2. The van der Waals surface area contributed by atoms with Crippen molar-refractivity contribution in [1.82, 2.24) is 49.4 Å². The first-order valence-corrected chi connectivity index (χ1v) is 13.2. The number of nitrogens with two attached hydrogens (primary N) is 1. The summed E-state index contributed by atoms with van der Waals surface area (Å²) in [5.74, 6) is 0.873. The summed E-state index contributed by atoms with van der Waals surface area (Å²) < 4.78 is 3.24. The lowest BCUT2D eigenvalue weighted by atomic mass is 9.85. The van der Waals surface area contributed by atoms with Crippen LogP contribution in [-0.2, 0) is 0 Å². The van der Waals surface area contributed by atoms with Gasteiger partial charge in [-0.2, -0.15) is 14.7 Å². The molecule has 2 bridgehead atoms. The number of piperidine rings is 1. The number of nitrogens with one attached hydrogen (secondary N) is 1. The Bertz CT molecular complexity index is 1740. The molecule has 1 amide bonds. The molecule has 13 nitrogen and oxygen atoms in total. The first-order chi connectivity index (χ1) is 19.4. The van der Waals surface area contributed by atoms with E-state index in [0.717, 1.165) is 29.7 Å². The molecule has 3 atom stereocenters.